The molecule has 7 nitrogen and oxygen atoms in total. The van der Waals surface area contributed by atoms with Gasteiger partial charge < -0.3 is 9.64 Å². The molecule has 4 aliphatic heterocycles. The summed E-state index contributed by atoms with van der Waals surface area (Å²) < 4.78 is 6.64. The first kappa shape index (κ1) is 23.0. The van der Waals surface area contributed by atoms with E-state index in [4.69, 9.17) is 4.74 Å². The van der Waals surface area contributed by atoms with Gasteiger partial charge in [0.2, 0.25) is 5.91 Å². The molecule has 2 bridgehead atoms. The lowest BCUT2D eigenvalue weighted by Crippen LogP contribution is -2.73. The summed E-state index contributed by atoms with van der Waals surface area (Å²) in [5, 5.41) is 2.45. The van der Waals surface area contributed by atoms with Crippen molar-refractivity contribution in [1.29, 1.82) is 0 Å². The lowest BCUT2D eigenvalue weighted by atomic mass is 9.63. The number of carbonyl (C=O) groups excluding carboxylic acids is 3. The first-order valence-electron chi connectivity index (χ1n) is 13.8. The standard InChI is InChI=1S/C30H33N3O4/c34-27-22-15-30(16-22,29(36)31-27)33-18-21-14-23(10-11-24(21)28(33)35)37-26-9-5-4-8-25(26)32-13-12-20(17-32)19-6-2-1-3-7-19/h1-3,6-7,10-11,14,20,22,25-26H,4-5,8-9,12-13,15-18H2,(H,31,34,36)/t20-,22?,25+,26+,30?/m0/s1. The number of likely N-dealkylation sites (tertiary alicyclic amines) is 1. The third kappa shape index (κ3) is 3.69. The topological polar surface area (TPSA) is 79.0 Å². The van der Waals surface area contributed by atoms with Crippen molar-refractivity contribution in [2.24, 2.45) is 5.92 Å². The van der Waals surface area contributed by atoms with Crippen LogP contribution < -0.4 is 10.1 Å². The molecule has 2 aliphatic carbocycles. The maximum Gasteiger partial charge on any atom is 0.255 e. The van der Waals surface area contributed by atoms with Crippen molar-refractivity contribution in [3.8, 4) is 5.75 Å². The number of piperidine rings is 2. The molecule has 192 valence electrons. The molecule has 8 rings (SSSR count). The molecule has 7 heteroatoms. The highest BCUT2D eigenvalue weighted by Gasteiger charge is 2.63. The molecule has 2 saturated carbocycles. The minimum atomic E-state index is -0.880. The molecule has 4 heterocycles. The monoisotopic (exact) mass is 499 g/mol. The van der Waals surface area contributed by atoms with Crippen molar-refractivity contribution in [2.75, 3.05) is 13.1 Å². The molecule has 37 heavy (non-hydrogen) atoms. The highest BCUT2D eigenvalue weighted by Crippen LogP contribution is 2.49. The number of imide groups is 1. The van der Waals surface area contributed by atoms with Crippen molar-refractivity contribution < 1.29 is 19.1 Å². The van der Waals surface area contributed by atoms with Crippen LogP contribution in [0.1, 0.15) is 72.3 Å². The summed E-state index contributed by atoms with van der Waals surface area (Å²) in [6.07, 6.45) is 6.79. The summed E-state index contributed by atoms with van der Waals surface area (Å²) in [5.74, 6) is 0.561. The number of hydrogen-bond acceptors (Lipinski definition) is 5. The Labute approximate surface area is 217 Å². The van der Waals surface area contributed by atoms with Crippen LogP contribution in [-0.2, 0) is 16.1 Å². The van der Waals surface area contributed by atoms with Gasteiger partial charge >= 0.3 is 0 Å². The van der Waals surface area contributed by atoms with Gasteiger partial charge in [0, 0.05) is 30.6 Å². The van der Waals surface area contributed by atoms with Gasteiger partial charge in [-0.15, -0.1) is 0 Å². The molecule has 0 aromatic heterocycles. The summed E-state index contributed by atoms with van der Waals surface area (Å²) in [4.78, 5) is 42.1. The predicted molar refractivity (Wildman–Crippen MR) is 137 cm³/mol. The quantitative estimate of drug-likeness (QED) is 0.636. The number of benzene rings is 2. The molecule has 2 aromatic carbocycles. The number of rotatable bonds is 5. The Kier molecular flexibility index (Phi) is 5.39. The fourth-order valence-electron chi connectivity index (χ4n) is 7.41. The molecule has 3 atom stereocenters. The van der Waals surface area contributed by atoms with Gasteiger partial charge in [-0.3, -0.25) is 24.6 Å². The van der Waals surface area contributed by atoms with Crippen LogP contribution in [0.15, 0.2) is 48.5 Å². The molecule has 1 N–H and O–H groups in total. The average Bonchev–Trinajstić information content (AvgIpc) is 3.50. The Bertz CT molecular complexity index is 1250. The zero-order valence-corrected chi connectivity index (χ0v) is 21.0. The van der Waals surface area contributed by atoms with Crippen molar-refractivity contribution >= 4 is 17.7 Å². The second-order valence-electron chi connectivity index (χ2n) is 11.6. The fraction of sp³-hybridized carbons (Fsp3) is 0.500. The van der Waals surface area contributed by atoms with Crippen LogP contribution in [-0.4, -0.2) is 58.3 Å². The van der Waals surface area contributed by atoms with Gasteiger partial charge in [-0.05, 0) is 80.3 Å². The largest absolute Gasteiger partial charge is 0.489 e. The molecule has 6 aliphatic rings. The maximum absolute atomic E-state index is 13.2. The number of nitrogens with zero attached hydrogens (tertiary/aromatic N) is 2. The summed E-state index contributed by atoms with van der Waals surface area (Å²) in [7, 11) is 0. The first-order valence-corrected chi connectivity index (χ1v) is 13.8. The van der Waals surface area contributed by atoms with E-state index in [1.165, 1.54) is 24.8 Å². The van der Waals surface area contributed by atoms with Crippen LogP contribution in [0.2, 0.25) is 0 Å². The van der Waals surface area contributed by atoms with E-state index in [2.05, 4.69) is 40.5 Å². The van der Waals surface area contributed by atoms with E-state index in [9.17, 15) is 14.4 Å². The molecule has 3 saturated heterocycles. The van der Waals surface area contributed by atoms with Gasteiger partial charge in [-0.1, -0.05) is 36.8 Å². The Morgan fingerprint density at radius 2 is 1.73 bits per heavy atom. The van der Waals surface area contributed by atoms with Crippen molar-refractivity contribution in [2.45, 2.75) is 75.1 Å². The molecule has 3 amide bonds. The summed E-state index contributed by atoms with van der Waals surface area (Å²) in [6.45, 7) is 2.57. The molecule has 5 fully saturated rings. The van der Waals surface area contributed by atoms with Gasteiger partial charge in [0.25, 0.3) is 11.8 Å². The van der Waals surface area contributed by atoms with Crippen LogP contribution in [0.3, 0.4) is 0 Å². The normalized spacial score (nSPS) is 33.2. The van der Waals surface area contributed by atoms with E-state index in [1.54, 1.807) is 4.90 Å². The average molecular weight is 500 g/mol. The predicted octanol–water partition coefficient (Wildman–Crippen LogP) is 3.63. The van der Waals surface area contributed by atoms with Gasteiger partial charge in [0.05, 0.1) is 0 Å². The van der Waals surface area contributed by atoms with E-state index in [-0.39, 0.29) is 29.7 Å². The van der Waals surface area contributed by atoms with Gasteiger partial charge in [-0.25, -0.2) is 0 Å². The molecular weight excluding hydrogens is 466 g/mol. The van der Waals surface area contributed by atoms with Crippen LogP contribution in [0.4, 0.5) is 0 Å². The summed E-state index contributed by atoms with van der Waals surface area (Å²) >= 11 is 0. The minimum Gasteiger partial charge on any atom is -0.489 e. The summed E-state index contributed by atoms with van der Waals surface area (Å²) in [6, 6.07) is 17.0. The van der Waals surface area contributed by atoms with E-state index < -0.39 is 5.54 Å². The van der Waals surface area contributed by atoms with Gasteiger partial charge in [-0.2, -0.15) is 0 Å². The van der Waals surface area contributed by atoms with E-state index >= 15 is 0 Å². The number of hydrogen-bond donors (Lipinski definition) is 1. The number of nitrogens with one attached hydrogen (secondary N) is 1. The Morgan fingerprint density at radius 3 is 2.54 bits per heavy atom. The maximum atomic E-state index is 13.2. The second kappa shape index (κ2) is 8.69. The van der Waals surface area contributed by atoms with E-state index in [1.807, 2.05) is 18.2 Å². The summed E-state index contributed by atoms with van der Waals surface area (Å²) in [5.41, 5.74) is 2.09. The molecule has 2 aromatic rings. The number of fused-ring (bicyclic) bond motifs is 3. The molecule has 0 radical (unpaired) electrons. The highest BCUT2D eigenvalue weighted by molar-refractivity contribution is 6.10. The van der Waals surface area contributed by atoms with Crippen LogP contribution >= 0.6 is 0 Å². The van der Waals surface area contributed by atoms with Crippen molar-refractivity contribution in [3.05, 3.63) is 65.2 Å². The van der Waals surface area contributed by atoms with Crippen molar-refractivity contribution in [1.82, 2.24) is 15.1 Å². The van der Waals surface area contributed by atoms with Crippen molar-refractivity contribution in [3.63, 3.8) is 0 Å². The number of carbonyl (C=O) groups is 3. The molecular formula is C30H33N3O4. The zero-order valence-electron chi connectivity index (χ0n) is 21.0. The lowest BCUT2D eigenvalue weighted by molar-refractivity contribution is -0.160. The van der Waals surface area contributed by atoms with Crippen LogP contribution in [0.5, 0.6) is 5.75 Å². The van der Waals surface area contributed by atoms with Gasteiger partial charge in [0.15, 0.2) is 0 Å². The Morgan fingerprint density at radius 1 is 0.919 bits per heavy atom. The Hall–Kier alpha value is -3.19. The SMILES string of the molecule is O=C1NC(=O)C2(N3Cc4cc(O[C@@H]5CCCC[C@H]5N5CC[C@H](c6ccccc6)C5)ccc4C3=O)CC1C2. The molecule has 0 unspecified atom stereocenters. The molecule has 0 spiro atoms. The highest BCUT2D eigenvalue weighted by atomic mass is 16.5. The number of ether oxygens (including phenoxy) is 1. The lowest BCUT2D eigenvalue weighted by Gasteiger charge is -2.53. The van der Waals surface area contributed by atoms with Crippen LogP contribution in [0.25, 0.3) is 0 Å². The number of amides is 3. The first-order chi connectivity index (χ1) is 18.0. The van der Waals surface area contributed by atoms with E-state index in [0.29, 0.717) is 36.9 Å². The fourth-order valence-corrected chi connectivity index (χ4v) is 7.41. The smallest absolute Gasteiger partial charge is 0.255 e. The third-order valence-corrected chi connectivity index (χ3v) is 9.51. The zero-order chi connectivity index (χ0) is 25.1. The second-order valence-corrected chi connectivity index (χ2v) is 11.6. The van der Waals surface area contributed by atoms with Crippen LogP contribution in [0, 0.1) is 5.92 Å². The third-order valence-electron chi connectivity index (χ3n) is 9.51. The Balaban J connectivity index is 1.06. The van der Waals surface area contributed by atoms with E-state index in [0.717, 1.165) is 37.2 Å². The minimum absolute atomic E-state index is 0.121. The van der Waals surface area contributed by atoms with Gasteiger partial charge in [0.1, 0.15) is 17.4 Å².